The Kier molecular flexibility index (Phi) is 4.68. The first kappa shape index (κ1) is 15.6. The molecule has 1 heterocycles. The van der Waals surface area contributed by atoms with Gasteiger partial charge in [-0.2, -0.15) is 0 Å². The normalized spacial score (nSPS) is 12.2. The van der Waals surface area contributed by atoms with Crippen LogP contribution in [0.2, 0.25) is 0 Å². The fourth-order valence-corrected chi connectivity index (χ4v) is 1.81. The SMILES string of the molecule is CCCOc1cncc(C(=O)C(C)(C)S(C)(=O)=O)c1. The van der Waals surface area contributed by atoms with E-state index in [1.807, 2.05) is 6.92 Å². The minimum absolute atomic E-state index is 0.240. The summed E-state index contributed by atoms with van der Waals surface area (Å²) in [4.78, 5) is 16.2. The highest BCUT2D eigenvalue weighted by Crippen LogP contribution is 2.23. The van der Waals surface area contributed by atoms with Crippen molar-refractivity contribution in [3.05, 3.63) is 24.0 Å². The van der Waals surface area contributed by atoms with Gasteiger partial charge in [-0.15, -0.1) is 0 Å². The number of ether oxygens (including phenoxy) is 1. The molecule has 1 rings (SSSR count). The van der Waals surface area contributed by atoms with Crippen molar-refractivity contribution in [3.8, 4) is 5.75 Å². The van der Waals surface area contributed by atoms with Crippen LogP contribution < -0.4 is 4.74 Å². The molecule has 0 aliphatic rings. The number of pyridine rings is 1. The topological polar surface area (TPSA) is 73.3 Å². The smallest absolute Gasteiger partial charge is 0.185 e. The number of sulfone groups is 1. The molecule has 0 unspecified atom stereocenters. The maximum atomic E-state index is 12.3. The average Bonchev–Trinajstić information content (AvgIpc) is 2.34. The number of carbonyl (C=O) groups excluding carboxylic acids is 1. The van der Waals surface area contributed by atoms with E-state index in [9.17, 15) is 13.2 Å². The van der Waals surface area contributed by atoms with E-state index in [1.54, 1.807) is 0 Å². The first-order chi connectivity index (χ1) is 8.70. The van der Waals surface area contributed by atoms with Crippen molar-refractivity contribution in [2.45, 2.75) is 31.9 Å². The van der Waals surface area contributed by atoms with Gasteiger partial charge in [0.25, 0.3) is 0 Å². The van der Waals surface area contributed by atoms with Gasteiger partial charge in [0, 0.05) is 18.0 Å². The van der Waals surface area contributed by atoms with Gasteiger partial charge < -0.3 is 4.74 Å². The lowest BCUT2D eigenvalue weighted by atomic mass is 10.0. The highest BCUT2D eigenvalue weighted by Gasteiger charge is 2.39. The van der Waals surface area contributed by atoms with Crippen LogP contribution in [0.25, 0.3) is 0 Å². The lowest BCUT2D eigenvalue weighted by molar-refractivity contribution is 0.0953. The van der Waals surface area contributed by atoms with E-state index in [0.29, 0.717) is 12.4 Å². The standard InChI is InChI=1S/C13H19NO4S/c1-5-6-18-11-7-10(8-14-9-11)12(15)13(2,3)19(4,16)17/h7-9H,5-6H2,1-4H3. The molecule has 19 heavy (non-hydrogen) atoms. The molecule has 5 nitrogen and oxygen atoms in total. The highest BCUT2D eigenvalue weighted by molar-refractivity contribution is 7.92. The number of ketones is 1. The molecule has 6 heteroatoms. The Labute approximate surface area is 113 Å². The number of rotatable bonds is 6. The maximum absolute atomic E-state index is 12.3. The molecule has 1 aromatic heterocycles. The zero-order chi connectivity index (χ0) is 14.7. The zero-order valence-corrected chi connectivity index (χ0v) is 12.5. The Bertz CT molecular complexity index is 564. The van der Waals surface area contributed by atoms with Crippen molar-refractivity contribution in [2.75, 3.05) is 12.9 Å². The molecule has 0 saturated carbocycles. The largest absolute Gasteiger partial charge is 0.492 e. The predicted octanol–water partition coefficient (Wildman–Crippen LogP) is 1.88. The monoisotopic (exact) mass is 285 g/mol. The summed E-state index contributed by atoms with van der Waals surface area (Å²) in [5.74, 6) is -0.0125. The summed E-state index contributed by atoms with van der Waals surface area (Å²) in [5, 5.41) is 0. The van der Waals surface area contributed by atoms with Crippen molar-refractivity contribution in [1.29, 1.82) is 0 Å². The summed E-state index contributed by atoms with van der Waals surface area (Å²) in [6, 6.07) is 1.53. The van der Waals surface area contributed by atoms with Gasteiger partial charge in [0.2, 0.25) is 0 Å². The number of Topliss-reactive ketones (excluding diaryl/α,β-unsaturated/α-hetero) is 1. The molecule has 0 spiro atoms. The lowest BCUT2D eigenvalue weighted by Crippen LogP contribution is -2.40. The predicted molar refractivity (Wildman–Crippen MR) is 73.3 cm³/mol. The Morgan fingerprint density at radius 3 is 2.53 bits per heavy atom. The van der Waals surface area contributed by atoms with Crippen LogP contribution in [0.5, 0.6) is 5.75 Å². The molecule has 0 aromatic carbocycles. The molecule has 0 saturated heterocycles. The minimum Gasteiger partial charge on any atom is -0.492 e. The van der Waals surface area contributed by atoms with Crippen molar-refractivity contribution in [1.82, 2.24) is 4.98 Å². The van der Waals surface area contributed by atoms with Crippen LogP contribution in [-0.4, -0.2) is 36.8 Å². The number of hydrogen-bond donors (Lipinski definition) is 0. The summed E-state index contributed by atoms with van der Waals surface area (Å²) in [6.45, 7) is 5.28. The fourth-order valence-electron chi connectivity index (χ4n) is 1.36. The second-order valence-electron chi connectivity index (χ2n) is 4.87. The molecule has 1 aromatic rings. The van der Waals surface area contributed by atoms with Gasteiger partial charge in [-0.05, 0) is 26.3 Å². The van der Waals surface area contributed by atoms with E-state index >= 15 is 0 Å². The first-order valence-corrected chi connectivity index (χ1v) is 7.91. The van der Waals surface area contributed by atoms with Crippen LogP contribution in [0.15, 0.2) is 18.5 Å². The molecular weight excluding hydrogens is 266 g/mol. The Morgan fingerprint density at radius 2 is 2.00 bits per heavy atom. The van der Waals surface area contributed by atoms with Crippen molar-refractivity contribution < 1.29 is 17.9 Å². The highest BCUT2D eigenvalue weighted by atomic mass is 32.2. The molecule has 106 valence electrons. The van der Waals surface area contributed by atoms with E-state index < -0.39 is 20.4 Å². The van der Waals surface area contributed by atoms with E-state index in [0.717, 1.165) is 12.7 Å². The molecule has 0 fully saturated rings. The second kappa shape index (κ2) is 5.69. The number of nitrogens with zero attached hydrogens (tertiary/aromatic N) is 1. The summed E-state index contributed by atoms with van der Waals surface area (Å²) in [6.07, 6.45) is 4.75. The molecule has 0 aliphatic heterocycles. The number of carbonyl (C=O) groups is 1. The maximum Gasteiger partial charge on any atom is 0.185 e. The molecule has 0 aliphatic carbocycles. The van der Waals surface area contributed by atoms with Crippen LogP contribution in [-0.2, 0) is 9.84 Å². The van der Waals surface area contributed by atoms with E-state index in [4.69, 9.17) is 4.74 Å². The van der Waals surface area contributed by atoms with Gasteiger partial charge >= 0.3 is 0 Å². The van der Waals surface area contributed by atoms with E-state index in [-0.39, 0.29) is 5.56 Å². The van der Waals surface area contributed by atoms with Crippen LogP contribution in [0.4, 0.5) is 0 Å². The Hall–Kier alpha value is -1.43. The van der Waals surface area contributed by atoms with Gasteiger partial charge in [-0.1, -0.05) is 6.92 Å². The summed E-state index contributed by atoms with van der Waals surface area (Å²) in [5.41, 5.74) is 0.240. The second-order valence-corrected chi connectivity index (χ2v) is 7.43. The van der Waals surface area contributed by atoms with E-state index in [2.05, 4.69) is 4.98 Å². The molecular formula is C13H19NO4S. The lowest BCUT2D eigenvalue weighted by Gasteiger charge is -2.20. The van der Waals surface area contributed by atoms with Gasteiger partial charge in [0.15, 0.2) is 15.6 Å². The van der Waals surface area contributed by atoms with Crippen molar-refractivity contribution in [3.63, 3.8) is 0 Å². The molecule has 0 bridgehead atoms. The Morgan fingerprint density at radius 1 is 1.37 bits per heavy atom. The van der Waals surface area contributed by atoms with Crippen LogP contribution >= 0.6 is 0 Å². The fraction of sp³-hybridized carbons (Fsp3) is 0.538. The van der Waals surface area contributed by atoms with E-state index in [1.165, 1.54) is 32.3 Å². The zero-order valence-electron chi connectivity index (χ0n) is 11.6. The summed E-state index contributed by atoms with van der Waals surface area (Å²) >= 11 is 0. The minimum atomic E-state index is -3.50. The third-order valence-corrected chi connectivity index (χ3v) is 4.96. The number of aromatic nitrogens is 1. The molecule has 0 atom stereocenters. The summed E-state index contributed by atoms with van der Waals surface area (Å²) < 4.78 is 27.2. The van der Waals surface area contributed by atoms with Gasteiger partial charge in [0.1, 0.15) is 10.5 Å². The van der Waals surface area contributed by atoms with Gasteiger partial charge in [0.05, 0.1) is 12.8 Å². The van der Waals surface area contributed by atoms with Crippen LogP contribution in [0, 0.1) is 0 Å². The Balaban J connectivity index is 3.07. The molecule has 0 radical (unpaired) electrons. The summed E-state index contributed by atoms with van der Waals surface area (Å²) in [7, 11) is -3.50. The third kappa shape index (κ3) is 3.53. The quantitative estimate of drug-likeness (QED) is 0.746. The third-order valence-electron chi connectivity index (χ3n) is 2.92. The molecule has 0 N–H and O–H groups in total. The average molecular weight is 285 g/mol. The number of hydrogen-bond acceptors (Lipinski definition) is 5. The van der Waals surface area contributed by atoms with Gasteiger partial charge in [-0.3, -0.25) is 9.78 Å². The molecule has 0 amide bonds. The van der Waals surface area contributed by atoms with Crippen molar-refractivity contribution in [2.24, 2.45) is 0 Å². The van der Waals surface area contributed by atoms with Gasteiger partial charge in [-0.25, -0.2) is 8.42 Å². The van der Waals surface area contributed by atoms with Crippen LogP contribution in [0.1, 0.15) is 37.6 Å². The van der Waals surface area contributed by atoms with Crippen LogP contribution in [0.3, 0.4) is 0 Å². The first-order valence-electron chi connectivity index (χ1n) is 6.02. The van der Waals surface area contributed by atoms with Crippen molar-refractivity contribution >= 4 is 15.6 Å².